The van der Waals surface area contributed by atoms with Gasteiger partial charge in [-0.1, -0.05) is 29.8 Å². The number of ketones is 1. The lowest BCUT2D eigenvalue weighted by Crippen LogP contribution is -2.46. The third kappa shape index (κ3) is 3.10. The van der Waals surface area contributed by atoms with E-state index in [9.17, 15) is 4.79 Å². The monoisotopic (exact) mass is 373 g/mol. The second-order valence-electron chi connectivity index (χ2n) is 7.56. The number of rotatable bonds is 3. The topological polar surface area (TPSA) is 61.4 Å². The van der Waals surface area contributed by atoms with Gasteiger partial charge < -0.3 is 10.2 Å². The first kappa shape index (κ1) is 17.1. The minimum atomic E-state index is 0.0988. The van der Waals surface area contributed by atoms with Gasteiger partial charge in [0, 0.05) is 37.4 Å². The molecule has 5 rings (SSSR count). The SMILES string of the molecule is Cc1ccc(N2CCN(Cc3nc4c5c(cccc5n3)C(=O)CN4)CC2)cc1. The number of nitrogens with zero attached hydrogens (tertiary/aromatic N) is 4. The van der Waals surface area contributed by atoms with E-state index < -0.39 is 0 Å². The number of hydrogen-bond donors (Lipinski definition) is 1. The minimum Gasteiger partial charge on any atom is -0.369 e. The number of nitrogens with one attached hydrogen (secondary N) is 1. The van der Waals surface area contributed by atoms with Gasteiger partial charge in [-0.15, -0.1) is 0 Å². The average molecular weight is 373 g/mol. The number of hydrogen-bond acceptors (Lipinski definition) is 6. The molecule has 2 aliphatic heterocycles. The summed E-state index contributed by atoms with van der Waals surface area (Å²) in [5, 5.41) is 4.01. The summed E-state index contributed by atoms with van der Waals surface area (Å²) in [7, 11) is 0. The Morgan fingerprint density at radius 1 is 1.00 bits per heavy atom. The van der Waals surface area contributed by atoms with Crippen molar-refractivity contribution in [2.24, 2.45) is 0 Å². The van der Waals surface area contributed by atoms with Crippen LogP contribution >= 0.6 is 0 Å². The average Bonchev–Trinajstić information content (AvgIpc) is 2.72. The number of benzene rings is 2. The van der Waals surface area contributed by atoms with Gasteiger partial charge in [-0.3, -0.25) is 9.69 Å². The molecule has 2 aliphatic rings. The molecule has 0 atom stereocenters. The molecule has 0 bridgehead atoms. The largest absolute Gasteiger partial charge is 0.369 e. The zero-order valence-electron chi connectivity index (χ0n) is 16.0. The highest BCUT2D eigenvalue weighted by Crippen LogP contribution is 2.28. The van der Waals surface area contributed by atoms with E-state index in [1.54, 1.807) is 0 Å². The van der Waals surface area contributed by atoms with Crippen molar-refractivity contribution < 1.29 is 4.79 Å². The molecule has 3 aromatic rings. The fourth-order valence-corrected chi connectivity index (χ4v) is 4.04. The highest BCUT2D eigenvalue weighted by Gasteiger charge is 2.23. The maximum absolute atomic E-state index is 12.1. The first-order valence-corrected chi connectivity index (χ1v) is 9.78. The van der Waals surface area contributed by atoms with E-state index in [4.69, 9.17) is 9.97 Å². The Balaban J connectivity index is 1.32. The van der Waals surface area contributed by atoms with Crippen molar-refractivity contribution in [3.05, 3.63) is 59.4 Å². The van der Waals surface area contributed by atoms with E-state index in [0.29, 0.717) is 6.54 Å². The van der Waals surface area contributed by atoms with Crippen LogP contribution in [0.3, 0.4) is 0 Å². The lowest BCUT2D eigenvalue weighted by Gasteiger charge is -2.35. The molecule has 0 radical (unpaired) electrons. The van der Waals surface area contributed by atoms with Crippen molar-refractivity contribution in [1.29, 1.82) is 0 Å². The summed E-state index contributed by atoms with van der Waals surface area (Å²) in [4.78, 5) is 26.4. The second-order valence-corrected chi connectivity index (χ2v) is 7.56. The van der Waals surface area contributed by atoms with Crippen LogP contribution in [0.25, 0.3) is 10.9 Å². The van der Waals surface area contributed by atoms with Gasteiger partial charge in [0.25, 0.3) is 0 Å². The molecule has 0 aliphatic carbocycles. The Morgan fingerprint density at radius 3 is 2.57 bits per heavy atom. The molecule has 3 heterocycles. The summed E-state index contributed by atoms with van der Waals surface area (Å²) in [6.07, 6.45) is 0. The quantitative estimate of drug-likeness (QED) is 0.762. The molecule has 1 saturated heterocycles. The van der Waals surface area contributed by atoms with Gasteiger partial charge >= 0.3 is 0 Å². The van der Waals surface area contributed by atoms with Crippen molar-refractivity contribution >= 4 is 28.2 Å². The van der Waals surface area contributed by atoms with Crippen LogP contribution in [0, 0.1) is 6.92 Å². The molecule has 142 valence electrons. The second kappa shape index (κ2) is 6.87. The van der Waals surface area contributed by atoms with Gasteiger partial charge in [-0.2, -0.15) is 0 Å². The molecule has 28 heavy (non-hydrogen) atoms. The molecule has 0 spiro atoms. The van der Waals surface area contributed by atoms with Crippen LogP contribution in [0.1, 0.15) is 21.7 Å². The van der Waals surface area contributed by atoms with E-state index in [-0.39, 0.29) is 5.78 Å². The number of Topliss-reactive ketones (excluding diaryl/α,β-unsaturated/α-hetero) is 1. The van der Waals surface area contributed by atoms with Crippen molar-refractivity contribution in [3.63, 3.8) is 0 Å². The van der Waals surface area contributed by atoms with Crippen molar-refractivity contribution in [2.45, 2.75) is 13.5 Å². The maximum Gasteiger partial charge on any atom is 0.182 e. The summed E-state index contributed by atoms with van der Waals surface area (Å²) in [5.41, 5.74) is 4.15. The fraction of sp³-hybridized carbons (Fsp3) is 0.318. The lowest BCUT2D eigenvalue weighted by molar-refractivity contribution is 0.101. The Bertz CT molecular complexity index is 1040. The fourth-order valence-electron chi connectivity index (χ4n) is 4.04. The Morgan fingerprint density at radius 2 is 1.79 bits per heavy atom. The first-order chi connectivity index (χ1) is 13.7. The number of anilines is 2. The zero-order valence-corrected chi connectivity index (χ0v) is 16.0. The molecular formula is C22H23N5O. The summed E-state index contributed by atoms with van der Waals surface area (Å²) in [5.74, 6) is 1.69. The maximum atomic E-state index is 12.1. The van der Waals surface area contributed by atoms with Gasteiger partial charge in [0.2, 0.25) is 0 Å². The molecule has 0 amide bonds. The highest BCUT2D eigenvalue weighted by molar-refractivity contribution is 6.15. The van der Waals surface area contributed by atoms with Crippen LogP contribution in [0.5, 0.6) is 0 Å². The van der Waals surface area contributed by atoms with Gasteiger partial charge in [0.15, 0.2) is 5.78 Å². The van der Waals surface area contributed by atoms with E-state index in [1.165, 1.54) is 11.3 Å². The van der Waals surface area contributed by atoms with Crippen LogP contribution < -0.4 is 10.2 Å². The van der Waals surface area contributed by atoms with Gasteiger partial charge in [0.05, 0.1) is 24.0 Å². The van der Waals surface area contributed by atoms with E-state index >= 15 is 0 Å². The van der Waals surface area contributed by atoms with Crippen molar-refractivity contribution in [3.8, 4) is 0 Å². The van der Waals surface area contributed by atoms with Crippen molar-refractivity contribution in [2.75, 3.05) is 42.9 Å². The number of aryl methyl sites for hydroxylation is 1. The summed E-state index contributed by atoms with van der Waals surface area (Å²) >= 11 is 0. The highest BCUT2D eigenvalue weighted by atomic mass is 16.1. The van der Waals surface area contributed by atoms with E-state index in [2.05, 4.69) is 46.3 Å². The number of carbonyl (C=O) groups is 1. The number of carbonyl (C=O) groups excluding carboxylic acids is 1. The molecule has 1 aromatic heterocycles. The van der Waals surface area contributed by atoms with Crippen LogP contribution in [0.2, 0.25) is 0 Å². The third-order valence-corrected chi connectivity index (χ3v) is 5.62. The minimum absolute atomic E-state index is 0.0988. The van der Waals surface area contributed by atoms with Gasteiger partial charge in [-0.25, -0.2) is 9.97 Å². The smallest absolute Gasteiger partial charge is 0.182 e. The summed E-state index contributed by atoms with van der Waals surface area (Å²) < 4.78 is 0. The number of aromatic nitrogens is 2. The molecule has 1 fully saturated rings. The predicted molar refractivity (Wildman–Crippen MR) is 111 cm³/mol. The standard InChI is InChI=1S/C22H23N5O/c1-15-5-7-16(8-6-15)27-11-9-26(10-12-27)14-20-24-18-4-2-3-17-19(28)13-23-22(25-20)21(17)18/h2-8H,9-14H2,1H3,(H,23,24,25). The molecule has 6 nitrogen and oxygen atoms in total. The van der Waals surface area contributed by atoms with Crippen LogP contribution in [0.15, 0.2) is 42.5 Å². The van der Waals surface area contributed by atoms with E-state index in [0.717, 1.165) is 60.8 Å². The van der Waals surface area contributed by atoms with Crippen molar-refractivity contribution in [1.82, 2.24) is 14.9 Å². The zero-order chi connectivity index (χ0) is 19.1. The van der Waals surface area contributed by atoms with Crippen LogP contribution in [-0.2, 0) is 6.54 Å². The van der Waals surface area contributed by atoms with Crippen LogP contribution in [-0.4, -0.2) is 53.4 Å². The molecule has 2 aromatic carbocycles. The van der Waals surface area contributed by atoms with Crippen LogP contribution in [0.4, 0.5) is 11.5 Å². The lowest BCUT2D eigenvalue weighted by atomic mass is 10.0. The molecule has 6 heteroatoms. The van der Waals surface area contributed by atoms with Gasteiger partial charge in [-0.05, 0) is 25.1 Å². The molecule has 0 unspecified atom stereocenters. The first-order valence-electron chi connectivity index (χ1n) is 9.78. The number of piperazine rings is 1. The molecular weight excluding hydrogens is 350 g/mol. The Labute approximate surface area is 164 Å². The molecule has 0 saturated carbocycles. The normalized spacial score (nSPS) is 17.0. The van der Waals surface area contributed by atoms with E-state index in [1.807, 2.05) is 18.2 Å². The van der Waals surface area contributed by atoms with Gasteiger partial charge in [0.1, 0.15) is 11.6 Å². The Kier molecular flexibility index (Phi) is 4.20. The Hall–Kier alpha value is -2.99. The summed E-state index contributed by atoms with van der Waals surface area (Å²) in [6, 6.07) is 14.5. The molecule has 1 N–H and O–H groups in total. The third-order valence-electron chi connectivity index (χ3n) is 5.62. The summed E-state index contributed by atoms with van der Waals surface area (Å²) in [6.45, 7) is 7.11. The predicted octanol–water partition coefficient (Wildman–Crippen LogP) is 2.87.